The first-order valence-electron chi connectivity index (χ1n) is 8.46. The van der Waals surface area contributed by atoms with Crippen molar-refractivity contribution >= 4 is 23.8 Å². The highest BCUT2D eigenvalue weighted by atomic mass is 32.2. The summed E-state index contributed by atoms with van der Waals surface area (Å²) in [4.78, 5) is 28.3. The zero-order valence-electron chi connectivity index (χ0n) is 14.9. The lowest BCUT2D eigenvalue weighted by molar-refractivity contribution is -0.139. The van der Waals surface area contributed by atoms with Crippen LogP contribution in [-0.4, -0.2) is 45.6 Å². The molecule has 0 aliphatic carbocycles. The van der Waals surface area contributed by atoms with Gasteiger partial charge in [0.05, 0.1) is 23.8 Å². The van der Waals surface area contributed by atoms with Crippen LogP contribution in [0.3, 0.4) is 0 Å². The van der Waals surface area contributed by atoms with E-state index in [0.717, 1.165) is 0 Å². The molecule has 0 saturated heterocycles. The van der Waals surface area contributed by atoms with E-state index in [1.807, 2.05) is 13.0 Å². The number of pyridine rings is 1. The standard InChI is InChI=1S/C17H19N5O4S/c1-3-11-13(15(23)25-4-2)12(20-16(24)19-11)9-27-17-22-21-14(26-17)10-6-5-7-18-8-10/h5-8,11H,3-4,9H2,1-2H3,(H2,19,20,24). The number of nitrogens with zero attached hydrogens (tertiary/aromatic N) is 3. The molecule has 27 heavy (non-hydrogen) atoms. The van der Waals surface area contributed by atoms with E-state index < -0.39 is 12.0 Å². The van der Waals surface area contributed by atoms with E-state index in [1.165, 1.54) is 11.8 Å². The lowest BCUT2D eigenvalue weighted by Crippen LogP contribution is -2.50. The number of aromatic nitrogens is 3. The third kappa shape index (κ3) is 4.45. The second-order valence-corrected chi connectivity index (χ2v) is 6.50. The average molecular weight is 389 g/mol. The van der Waals surface area contributed by atoms with Crippen molar-refractivity contribution in [1.82, 2.24) is 25.8 Å². The van der Waals surface area contributed by atoms with Gasteiger partial charge >= 0.3 is 12.0 Å². The van der Waals surface area contributed by atoms with Crippen LogP contribution in [-0.2, 0) is 9.53 Å². The van der Waals surface area contributed by atoms with Gasteiger partial charge in [-0.1, -0.05) is 18.7 Å². The molecule has 0 bridgehead atoms. The van der Waals surface area contributed by atoms with Gasteiger partial charge in [-0.25, -0.2) is 9.59 Å². The summed E-state index contributed by atoms with van der Waals surface area (Å²) in [6.07, 6.45) is 3.85. The Balaban J connectivity index is 1.78. The fourth-order valence-electron chi connectivity index (χ4n) is 2.58. The number of carbonyl (C=O) groups is 2. The van der Waals surface area contributed by atoms with Gasteiger partial charge in [0, 0.05) is 23.8 Å². The van der Waals surface area contributed by atoms with E-state index in [-0.39, 0.29) is 18.4 Å². The lowest BCUT2D eigenvalue weighted by Gasteiger charge is -2.28. The summed E-state index contributed by atoms with van der Waals surface area (Å²) in [7, 11) is 0. The SMILES string of the molecule is CCOC(=O)C1=C(CSc2nnc(-c3cccnc3)o2)NC(=O)NC1CC. The van der Waals surface area contributed by atoms with Gasteiger partial charge in [-0.05, 0) is 25.5 Å². The molecule has 142 valence electrons. The van der Waals surface area contributed by atoms with Crippen molar-refractivity contribution in [3.8, 4) is 11.5 Å². The van der Waals surface area contributed by atoms with Gasteiger partial charge in [0.25, 0.3) is 5.22 Å². The molecule has 2 amide bonds. The number of nitrogens with one attached hydrogen (secondary N) is 2. The molecule has 3 heterocycles. The minimum atomic E-state index is -0.450. The molecular weight excluding hydrogens is 370 g/mol. The predicted octanol–water partition coefficient (Wildman–Crippen LogP) is 2.13. The first-order valence-corrected chi connectivity index (χ1v) is 9.45. The number of amides is 2. The number of rotatable bonds is 7. The number of urea groups is 1. The molecule has 0 radical (unpaired) electrons. The van der Waals surface area contributed by atoms with Crippen molar-refractivity contribution in [2.75, 3.05) is 12.4 Å². The quantitative estimate of drug-likeness (QED) is 0.546. The highest BCUT2D eigenvalue weighted by Gasteiger charge is 2.31. The molecule has 3 rings (SSSR count). The van der Waals surface area contributed by atoms with Crippen LogP contribution in [0.4, 0.5) is 4.79 Å². The molecule has 2 N–H and O–H groups in total. The van der Waals surface area contributed by atoms with Gasteiger partial charge in [0.1, 0.15) is 0 Å². The highest BCUT2D eigenvalue weighted by Crippen LogP contribution is 2.26. The third-order valence-corrected chi connectivity index (χ3v) is 4.65. The second-order valence-electron chi connectivity index (χ2n) is 5.58. The van der Waals surface area contributed by atoms with Crippen molar-refractivity contribution in [2.45, 2.75) is 31.5 Å². The Hall–Kier alpha value is -2.88. The maximum atomic E-state index is 12.3. The van der Waals surface area contributed by atoms with Crippen LogP contribution in [0.25, 0.3) is 11.5 Å². The minimum Gasteiger partial charge on any atom is -0.463 e. The van der Waals surface area contributed by atoms with Crippen LogP contribution < -0.4 is 10.6 Å². The van der Waals surface area contributed by atoms with Gasteiger partial charge < -0.3 is 19.8 Å². The van der Waals surface area contributed by atoms with Crippen molar-refractivity contribution in [1.29, 1.82) is 0 Å². The Labute approximate surface area is 160 Å². The minimum absolute atomic E-state index is 0.255. The third-order valence-electron chi connectivity index (χ3n) is 3.80. The summed E-state index contributed by atoms with van der Waals surface area (Å²) < 4.78 is 10.8. The first-order chi connectivity index (χ1) is 13.1. The molecule has 1 unspecified atom stereocenters. The maximum Gasteiger partial charge on any atom is 0.337 e. The Morgan fingerprint density at radius 2 is 2.22 bits per heavy atom. The molecule has 10 heteroatoms. The lowest BCUT2D eigenvalue weighted by atomic mass is 10.0. The second kappa shape index (κ2) is 8.67. The molecule has 0 aromatic carbocycles. The number of carbonyl (C=O) groups excluding carboxylic acids is 2. The largest absolute Gasteiger partial charge is 0.463 e. The molecule has 0 spiro atoms. The van der Waals surface area contributed by atoms with Gasteiger partial charge in [-0.2, -0.15) is 0 Å². The molecular formula is C17H19N5O4S. The van der Waals surface area contributed by atoms with E-state index in [2.05, 4.69) is 25.8 Å². The van der Waals surface area contributed by atoms with Crippen molar-refractivity contribution in [3.63, 3.8) is 0 Å². The van der Waals surface area contributed by atoms with Gasteiger partial charge in [0.15, 0.2) is 0 Å². The van der Waals surface area contributed by atoms with E-state index in [9.17, 15) is 9.59 Å². The summed E-state index contributed by atoms with van der Waals surface area (Å²) >= 11 is 1.23. The highest BCUT2D eigenvalue weighted by molar-refractivity contribution is 7.99. The summed E-state index contributed by atoms with van der Waals surface area (Å²) in [5, 5.41) is 13.7. The molecule has 1 aliphatic heterocycles. The monoisotopic (exact) mass is 389 g/mol. The summed E-state index contributed by atoms with van der Waals surface area (Å²) in [6, 6.07) is 2.84. The van der Waals surface area contributed by atoms with Crippen LogP contribution in [0, 0.1) is 0 Å². The van der Waals surface area contributed by atoms with Crippen molar-refractivity contribution < 1.29 is 18.7 Å². The zero-order chi connectivity index (χ0) is 19.2. The molecule has 0 fully saturated rings. The number of thioether (sulfide) groups is 1. The first kappa shape index (κ1) is 18.9. The van der Waals surface area contributed by atoms with E-state index >= 15 is 0 Å². The number of esters is 1. The summed E-state index contributed by atoms with van der Waals surface area (Å²) in [5.74, 6) is 0.187. The van der Waals surface area contributed by atoms with Crippen LogP contribution >= 0.6 is 11.8 Å². The summed E-state index contributed by atoms with van der Waals surface area (Å²) in [5.41, 5.74) is 1.61. The van der Waals surface area contributed by atoms with E-state index in [4.69, 9.17) is 9.15 Å². The Morgan fingerprint density at radius 1 is 1.37 bits per heavy atom. The topological polar surface area (TPSA) is 119 Å². The summed E-state index contributed by atoms with van der Waals surface area (Å²) in [6.45, 7) is 3.88. The van der Waals surface area contributed by atoms with Gasteiger partial charge in [-0.3, -0.25) is 4.98 Å². The van der Waals surface area contributed by atoms with E-state index in [0.29, 0.717) is 34.4 Å². The van der Waals surface area contributed by atoms with Crippen LogP contribution in [0.5, 0.6) is 0 Å². The zero-order valence-corrected chi connectivity index (χ0v) is 15.7. The number of ether oxygens (including phenoxy) is 1. The van der Waals surface area contributed by atoms with Crippen LogP contribution in [0.2, 0.25) is 0 Å². The smallest absolute Gasteiger partial charge is 0.337 e. The molecule has 0 saturated carbocycles. The fourth-order valence-corrected chi connectivity index (χ4v) is 3.32. The Kier molecular flexibility index (Phi) is 6.07. The normalized spacial score (nSPS) is 16.7. The Morgan fingerprint density at radius 3 is 2.93 bits per heavy atom. The molecule has 1 atom stereocenters. The van der Waals surface area contributed by atoms with Gasteiger partial charge in [0.2, 0.25) is 5.89 Å². The fraction of sp³-hybridized carbons (Fsp3) is 0.353. The number of hydrogen-bond donors (Lipinski definition) is 2. The molecule has 1 aliphatic rings. The van der Waals surface area contributed by atoms with E-state index in [1.54, 1.807) is 25.4 Å². The van der Waals surface area contributed by atoms with Crippen molar-refractivity contribution in [2.24, 2.45) is 0 Å². The average Bonchev–Trinajstić information content (AvgIpc) is 3.15. The molecule has 9 nitrogen and oxygen atoms in total. The molecule has 2 aromatic rings. The van der Waals surface area contributed by atoms with Gasteiger partial charge in [-0.15, -0.1) is 10.2 Å². The maximum absolute atomic E-state index is 12.3. The van der Waals surface area contributed by atoms with Crippen molar-refractivity contribution in [3.05, 3.63) is 35.8 Å². The van der Waals surface area contributed by atoms with Crippen LogP contribution in [0.1, 0.15) is 20.3 Å². The Bertz CT molecular complexity index is 852. The molecule has 2 aromatic heterocycles. The van der Waals surface area contributed by atoms with Crippen LogP contribution in [0.15, 0.2) is 45.4 Å². The predicted molar refractivity (Wildman–Crippen MR) is 97.7 cm³/mol. The number of hydrogen-bond acceptors (Lipinski definition) is 8.